The highest BCUT2D eigenvalue weighted by atomic mass is 16.8. The van der Waals surface area contributed by atoms with E-state index in [9.17, 15) is 35.4 Å². The van der Waals surface area contributed by atoms with Crippen LogP contribution in [0.3, 0.4) is 0 Å². The van der Waals surface area contributed by atoms with E-state index in [4.69, 9.17) is 14.2 Å². The summed E-state index contributed by atoms with van der Waals surface area (Å²) in [4.78, 5) is 11.3. The fraction of sp³-hybridized carbons (Fsp3) is 0.812. The van der Waals surface area contributed by atoms with E-state index >= 15 is 0 Å². The number of rotatable bonds is 4. The number of aliphatic hydroxyl groups excluding tert-OH is 5. The van der Waals surface area contributed by atoms with Gasteiger partial charge in [0.1, 0.15) is 30.0 Å². The molecule has 3 rings (SSSR count). The lowest BCUT2D eigenvalue weighted by Crippen LogP contribution is -2.61. The normalized spacial score (nSPS) is 51.3. The van der Waals surface area contributed by atoms with Crippen LogP contribution in [0.15, 0.2) is 11.8 Å². The van der Waals surface area contributed by atoms with Gasteiger partial charge in [0.05, 0.1) is 30.5 Å². The van der Waals surface area contributed by atoms with E-state index in [1.54, 1.807) is 6.92 Å². The van der Waals surface area contributed by atoms with Crippen molar-refractivity contribution in [3.8, 4) is 0 Å². The van der Waals surface area contributed by atoms with Crippen molar-refractivity contribution in [2.75, 3.05) is 6.61 Å². The molecule has 1 saturated carbocycles. The molecule has 0 aromatic rings. The van der Waals surface area contributed by atoms with Gasteiger partial charge in [-0.1, -0.05) is 6.92 Å². The molecule has 0 radical (unpaired) electrons. The Morgan fingerprint density at radius 3 is 2.54 bits per heavy atom. The third kappa shape index (κ3) is 2.86. The van der Waals surface area contributed by atoms with Crippen molar-refractivity contribution in [2.45, 2.75) is 62.0 Å². The van der Waals surface area contributed by atoms with Crippen LogP contribution in [0.1, 0.15) is 13.3 Å². The molecule has 1 aliphatic carbocycles. The van der Waals surface area contributed by atoms with Crippen molar-refractivity contribution in [3.63, 3.8) is 0 Å². The second-order valence-corrected chi connectivity index (χ2v) is 7.11. The summed E-state index contributed by atoms with van der Waals surface area (Å²) >= 11 is 0. The Morgan fingerprint density at radius 1 is 1.23 bits per heavy atom. The zero-order valence-electron chi connectivity index (χ0n) is 14.1. The van der Waals surface area contributed by atoms with Crippen LogP contribution in [0, 0.1) is 11.8 Å². The molecule has 3 aliphatic rings. The van der Waals surface area contributed by atoms with Crippen molar-refractivity contribution < 1.29 is 49.6 Å². The van der Waals surface area contributed by atoms with Gasteiger partial charge in [-0.25, -0.2) is 0 Å². The number of ether oxygens (including phenoxy) is 3. The Kier molecular flexibility index (Phi) is 5.39. The van der Waals surface area contributed by atoms with Crippen LogP contribution in [-0.2, 0) is 19.0 Å². The average Bonchev–Trinajstić information content (AvgIpc) is 2.85. The first-order valence-electron chi connectivity index (χ1n) is 8.43. The minimum Gasteiger partial charge on any atom is -0.471 e. The molecule has 1 unspecified atom stereocenters. The number of hydrogen-bond donors (Lipinski definition) is 6. The Hall–Kier alpha value is -1.11. The van der Waals surface area contributed by atoms with Gasteiger partial charge < -0.3 is 44.8 Å². The standard InChI is InChI=1S/C16H24O10/c1-6-2-9(19)16(23)7(3-17)5-24-14(10(6)16)26-15-13(22)12(21)11(20)8(4-18)25-15/h3,5-6,8-15,18-23H,2,4H2,1H3/t6-,8-,9-,10?,11-,12+,13-,14+,15+,16-/m1/s1. The molecule has 2 aliphatic heterocycles. The monoisotopic (exact) mass is 376 g/mol. The molecule has 148 valence electrons. The van der Waals surface area contributed by atoms with E-state index in [1.807, 2.05) is 0 Å². The van der Waals surface area contributed by atoms with Crippen LogP contribution in [0.4, 0.5) is 0 Å². The number of aliphatic hydroxyl groups is 6. The van der Waals surface area contributed by atoms with Crippen LogP contribution in [-0.4, -0.2) is 92.2 Å². The summed E-state index contributed by atoms with van der Waals surface area (Å²) in [5, 5.41) is 60.2. The van der Waals surface area contributed by atoms with Crippen molar-refractivity contribution in [1.29, 1.82) is 0 Å². The molecular weight excluding hydrogens is 352 g/mol. The minimum absolute atomic E-state index is 0.118. The molecule has 0 bridgehead atoms. The van der Waals surface area contributed by atoms with Crippen molar-refractivity contribution in [2.24, 2.45) is 11.8 Å². The van der Waals surface area contributed by atoms with Gasteiger partial charge in [-0.15, -0.1) is 0 Å². The lowest BCUT2D eigenvalue weighted by molar-refractivity contribution is -0.347. The summed E-state index contributed by atoms with van der Waals surface area (Å²) < 4.78 is 16.2. The molecule has 0 aromatic heterocycles. The first-order valence-corrected chi connectivity index (χ1v) is 8.43. The van der Waals surface area contributed by atoms with Crippen LogP contribution < -0.4 is 0 Å². The van der Waals surface area contributed by atoms with Gasteiger partial charge >= 0.3 is 0 Å². The first kappa shape index (κ1) is 19.6. The van der Waals surface area contributed by atoms with E-state index in [0.717, 1.165) is 6.26 Å². The van der Waals surface area contributed by atoms with Crippen LogP contribution in [0.5, 0.6) is 0 Å². The van der Waals surface area contributed by atoms with Gasteiger partial charge in [-0.2, -0.15) is 0 Å². The van der Waals surface area contributed by atoms with E-state index in [1.165, 1.54) is 0 Å². The second kappa shape index (κ2) is 7.13. The Bertz CT molecular complexity index is 565. The second-order valence-electron chi connectivity index (χ2n) is 7.11. The fourth-order valence-electron chi connectivity index (χ4n) is 4.07. The predicted molar refractivity (Wildman–Crippen MR) is 82.1 cm³/mol. The van der Waals surface area contributed by atoms with Gasteiger partial charge in [0.25, 0.3) is 0 Å². The lowest BCUT2D eigenvalue weighted by atomic mass is 9.79. The summed E-state index contributed by atoms with van der Waals surface area (Å²) in [5.41, 5.74) is -1.99. The number of hydrogen-bond acceptors (Lipinski definition) is 10. The molecule has 1 saturated heterocycles. The van der Waals surface area contributed by atoms with E-state index in [-0.39, 0.29) is 17.9 Å². The number of carbonyl (C=O) groups excluding carboxylic acids is 1. The maximum absolute atomic E-state index is 11.3. The highest BCUT2D eigenvalue weighted by Crippen LogP contribution is 2.49. The number of aldehydes is 1. The third-order valence-electron chi connectivity index (χ3n) is 5.55. The summed E-state index contributed by atoms with van der Waals surface area (Å²) in [7, 11) is 0. The first-order chi connectivity index (χ1) is 12.2. The van der Waals surface area contributed by atoms with Crippen molar-refractivity contribution >= 4 is 6.29 Å². The SMILES string of the molecule is C[C@@H]1C[C@@H](O)[C@]2(O)C(C=O)=CO[C@@H](O[C@@H]3O[C@H](CO)[C@@H](O)[C@H](O)[C@H]3O)C12. The lowest BCUT2D eigenvalue weighted by Gasteiger charge is -2.45. The maximum atomic E-state index is 11.3. The Morgan fingerprint density at radius 2 is 1.92 bits per heavy atom. The van der Waals surface area contributed by atoms with Crippen molar-refractivity contribution in [1.82, 2.24) is 0 Å². The highest BCUT2D eigenvalue weighted by Gasteiger charge is 2.61. The molecule has 10 atom stereocenters. The van der Waals surface area contributed by atoms with Crippen LogP contribution in [0.25, 0.3) is 0 Å². The smallest absolute Gasteiger partial charge is 0.208 e. The minimum atomic E-state index is -1.88. The highest BCUT2D eigenvalue weighted by molar-refractivity contribution is 5.77. The van der Waals surface area contributed by atoms with Crippen molar-refractivity contribution in [3.05, 3.63) is 11.8 Å². The zero-order valence-corrected chi connectivity index (χ0v) is 14.1. The van der Waals surface area contributed by atoms with Gasteiger partial charge in [-0.3, -0.25) is 4.79 Å². The predicted octanol–water partition coefficient (Wildman–Crippen LogP) is -3.01. The summed E-state index contributed by atoms with van der Waals surface area (Å²) in [6.07, 6.45) is -8.23. The molecule has 6 N–H and O–H groups in total. The third-order valence-corrected chi connectivity index (χ3v) is 5.55. The van der Waals surface area contributed by atoms with E-state index in [2.05, 4.69) is 0 Å². The molecule has 26 heavy (non-hydrogen) atoms. The number of carbonyl (C=O) groups is 1. The zero-order chi connectivity index (χ0) is 19.2. The molecule has 10 nitrogen and oxygen atoms in total. The largest absolute Gasteiger partial charge is 0.471 e. The molecular formula is C16H24O10. The molecule has 10 heteroatoms. The van der Waals surface area contributed by atoms with Gasteiger partial charge in [0.15, 0.2) is 12.6 Å². The average molecular weight is 376 g/mol. The Labute approximate surface area is 149 Å². The maximum Gasteiger partial charge on any atom is 0.208 e. The quantitative estimate of drug-likeness (QED) is 0.278. The summed E-state index contributed by atoms with van der Waals surface area (Å²) in [5.74, 6) is -1.14. The van der Waals surface area contributed by atoms with Gasteiger partial charge in [0.2, 0.25) is 6.29 Å². The number of fused-ring (bicyclic) bond motifs is 1. The molecule has 2 fully saturated rings. The van der Waals surface area contributed by atoms with Crippen LogP contribution >= 0.6 is 0 Å². The summed E-state index contributed by atoms with van der Waals surface area (Å²) in [6, 6.07) is 0. The van der Waals surface area contributed by atoms with E-state index in [0.29, 0.717) is 6.29 Å². The van der Waals surface area contributed by atoms with Gasteiger partial charge in [0, 0.05) is 0 Å². The molecule has 0 amide bonds. The topological polar surface area (TPSA) is 166 Å². The molecule has 2 heterocycles. The fourth-order valence-corrected chi connectivity index (χ4v) is 4.07. The van der Waals surface area contributed by atoms with E-state index < -0.39 is 61.2 Å². The molecule has 0 aromatic carbocycles. The Balaban J connectivity index is 1.84. The van der Waals surface area contributed by atoms with Gasteiger partial charge in [-0.05, 0) is 12.3 Å². The molecule has 0 spiro atoms. The van der Waals surface area contributed by atoms with Crippen LogP contribution in [0.2, 0.25) is 0 Å². The summed E-state index contributed by atoms with van der Waals surface area (Å²) in [6.45, 7) is 1.13.